The number of nitrogen functional groups attached to an aromatic ring is 1. The Balaban J connectivity index is 1.76. The summed E-state index contributed by atoms with van der Waals surface area (Å²) in [6.07, 6.45) is 2.46. The van der Waals surface area contributed by atoms with Crippen molar-refractivity contribution in [2.75, 3.05) is 31.9 Å². The lowest BCUT2D eigenvalue weighted by Gasteiger charge is -2.37. The number of carbonyl (C=O) groups is 1. The van der Waals surface area contributed by atoms with Gasteiger partial charge in [-0.2, -0.15) is 0 Å². The topological polar surface area (TPSA) is 49.6 Å². The molecule has 102 valence electrons. The van der Waals surface area contributed by atoms with Gasteiger partial charge in [0.1, 0.15) is 0 Å². The van der Waals surface area contributed by atoms with E-state index in [0.717, 1.165) is 24.1 Å². The summed E-state index contributed by atoms with van der Waals surface area (Å²) >= 11 is 3.37. The smallest absolute Gasteiger partial charge is 0.256 e. The van der Waals surface area contributed by atoms with E-state index in [-0.39, 0.29) is 5.91 Å². The summed E-state index contributed by atoms with van der Waals surface area (Å²) in [5.74, 6) is 0.0663. The molecule has 1 atom stereocenters. The Morgan fingerprint density at radius 2 is 2.16 bits per heavy atom. The van der Waals surface area contributed by atoms with E-state index in [1.54, 1.807) is 6.07 Å². The lowest BCUT2D eigenvalue weighted by molar-refractivity contribution is 0.0572. The van der Waals surface area contributed by atoms with Crippen LogP contribution >= 0.6 is 15.9 Å². The number of carbonyl (C=O) groups excluding carboxylic acids is 1. The number of halogens is 1. The molecule has 2 fully saturated rings. The summed E-state index contributed by atoms with van der Waals surface area (Å²) in [5.41, 5.74) is 7.12. The highest BCUT2D eigenvalue weighted by Crippen LogP contribution is 2.25. The number of piperazine rings is 1. The fourth-order valence-electron chi connectivity index (χ4n) is 3.07. The van der Waals surface area contributed by atoms with Crippen LogP contribution in [0.5, 0.6) is 0 Å². The molecule has 3 rings (SSSR count). The Morgan fingerprint density at radius 3 is 2.95 bits per heavy atom. The van der Waals surface area contributed by atoms with Crippen LogP contribution in [0.2, 0.25) is 0 Å². The van der Waals surface area contributed by atoms with Crippen molar-refractivity contribution in [2.45, 2.75) is 18.9 Å². The number of hydrogen-bond acceptors (Lipinski definition) is 3. The van der Waals surface area contributed by atoms with Crippen molar-refractivity contribution in [3.05, 3.63) is 28.2 Å². The van der Waals surface area contributed by atoms with Crippen molar-refractivity contribution >= 4 is 27.5 Å². The molecular formula is C14H18BrN3O. The molecule has 19 heavy (non-hydrogen) atoms. The molecule has 5 heteroatoms. The number of nitrogens with zero attached hydrogens (tertiary/aromatic N) is 2. The van der Waals surface area contributed by atoms with Gasteiger partial charge in [0.15, 0.2) is 0 Å². The SMILES string of the molecule is Nc1cc(Br)ccc1C(=O)N1CCN2CCCC2C1. The van der Waals surface area contributed by atoms with Crippen LogP contribution in [0.1, 0.15) is 23.2 Å². The number of anilines is 1. The number of fused-ring (bicyclic) bond motifs is 1. The van der Waals surface area contributed by atoms with Gasteiger partial charge in [0, 0.05) is 35.8 Å². The van der Waals surface area contributed by atoms with Crippen molar-refractivity contribution in [1.82, 2.24) is 9.80 Å². The van der Waals surface area contributed by atoms with Crippen molar-refractivity contribution in [3.8, 4) is 0 Å². The second-order valence-electron chi connectivity index (χ2n) is 5.31. The minimum Gasteiger partial charge on any atom is -0.398 e. The van der Waals surface area contributed by atoms with Gasteiger partial charge in [-0.1, -0.05) is 15.9 Å². The third-order valence-corrected chi connectivity index (χ3v) is 4.61. The van der Waals surface area contributed by atoms with E-state index in [2.05, 4.69) is 20.8 Å². The van der Waals surface area contributed by atoms with Gasteiger partial charge in [-0.15, -0.1) is 0 Å². The van der Waals surface area contributed by atoms with Crippen LogP contribution in [-0.4, -0.2) is 47.9 Å². The summed E-state index contributed by atoms with van der Waals surface area (Å²) in [4.78, 5) is 17.0. The van der Waals surface area contributed by atoms with Gasteiger partial charge in [0.05, 0.1) is 5.56 Å². The van der Waals surface area contributed by atoms with Crippen molar-refractivity contribution in [3.63, 3.8) is 0 Å². The van der Waals surface area contributed by atoms with Crippen LogP contribution in [0.15, 0.2) is 22.7 Å². The maximum atomic E-state index is 12.5. The first kappa shape index (κ1) is 12.9. The van der Waals surface area contributed by atoms with Crippen LogP contribution in [0.3, 0.4) is 0 Å². The number of amides is 1. The fraction of sp³-hybridized carbons (Fsp3) is 0.500. The second kappa shape index (κ2) is 5.13. The third-order valence-electron chi connectivity index (χ3n) is 4.12. The predicted octanol–water partition coefficient (Wildman–Crippen LogP) is 1.95. The van der Waals surface area contributed by atoms with Crippen LogP contribution in [-0.2, 0) is 0 Å². The molecule has 0 bridgehead atoms. The maximum absolute atomic E-state index is 12.5. The fourth-order valence-corrected chi connectivity index (χ4v) is 3.45. The molecule has 1 aromatic rings. The average molecular weight is 324 g/mol. The van der Waals surface area contributed by atoms with Crippen LogP contribution in [0.25, 0.3) is 0 Å². The summed E-state index contributed by atoms with van der Waals surface area (Å²) < 4.78 is 0.905. The van der Waals surface area contributed by atoms with Gasteiger partial charge in [0.2, 0.25) is 0 Å². The standard InChI is InChI=1S/C14H18BrN3O/c15-10-3-4-12(13(16)8-10)14(19)18-7-6-17-5-1-2-11(17)9-18/h3-4,8,11H,1-2,5-7,9,16H2. The Labute approximate surface area is 121 Å². The lowest BCUT2D eigenvalue weighted by Crippen LogP contribution is -2.52. The first-order valence-electron chi connectivity index (χ1n) is 6.73. The van der Waals surface area contributed by atoms with Gasteiger partial charge in [-0.25, -0.2) is 0 Å². The largest absolute Gasteiger partial charge is 0.398 e. The first-order valence-corrected chi connectivity index (χ1v) is 7.53. The predicted molar refractivity (Wildman–Crippen MR) is 79.1 cm³/mol. The zero-order valence-corrected chi connectivity index (χ0v) is 12.4. The van der Waals surface area contributed by atoms with Crippen LogP contribution in [0.4, 0.5) is 5.69 Å². The molecule has 2 aliphatic rings. The summed E-state index contributed by atoms with van der Waals surface area (Å²) in [5, 5.41) is 0. The average Bonchev–Trinajstić information content (AvgIpc) is 2.85. The van der Waals surface area contributed by atoms with E-state index >= 15 is 0 Å². The quantitative estimate of drug-likeness (QED) is 0.804. The molecule has 0 radical (unpaired) electrons. The van der Waals surface area contributed by atoms with Gasteiger partial charge in [-0.05, 0) is 37.6 Å². The molecule has 2 heterocycles. The molecule has 2 N–H and O–H groups in total. The van der Waals surface area contributed by atoms with Gasteiger partial charge in [0.25, 0.3) is 5.91 Å². The van der Waals surface area contributed by atoms with E-state index in [9.17, 15) is 4.79 Å². The van der Waals surface area contributed by atoms with Crippen molar-refractivity contribution in [2.24, 2.45) is 0 Å². The summed E-state index contributed by atoms with van der Waals surface area (Å²) in [7, 11) is 0. The Morgan fingerprint density at radius 1 is 1.32 bits per heavy atom. The molecule has 2 saturated heterocycles. The summed E-state index contributed by atoms with van der Waals surface area (Å²) in [6.45, 7) is 3.83. The minimum atomic E-state index is 0.0663. The highest BCUT2D eigenvalue weighted by molar-refractivity contribution is 9.10. The van der Waals surface area contributed by atoms with Crippen LogP contribution < -0.4 is 5.73 Å². The highest BCUT2D eigenvalue weighted by atomic mass is 79.9. The molecule has 2 aliphatic heterocycles. The first-order chi connectivity index (χ1) is 9.15. The lowest BCUT2D eigenvalue weighted by atomic mass is 10.1. The Hall–Kier alpha value is -1.07. The van der Waals surface area contributed by atoms with E-state index in [0.29, 0.717) is 17.3 Å². The number of benzene rings is 1. The molecule has 0 spiro atoms. The highest BCUT2D eigenvalue weighted by Gasteiger charge is 2.33. The van der Waals surface area contributed by atoms with E-state index in [1.807, 2.05) is 17.0 Å². The Kier molecular flexibility index (Phi) is 3.50. The van der Waals surface area contributed by atoms with Gasteiger partial charge >= 0.3 is 0 Å². The van der Waals surface area contributed by atoms with E-state index < -0.39 is 0 Å². The maximum Gasteiger partial charge on any atom is 0.256 e. The number of rotatable bonds is 1. The number of nitrogens with two attached hydrogens (primary N) is 1. The zero-order valence-electron chi connectivity index (χ0n) is 10.8. The molecule has 1 aromatic carbocycles. The van der Waals surface area contributed by atoms with Crippen molar-refractivity contribution < 1.29 is 4.79 Å². The normalized spacial score (nSPS) is 23.4. The van der Waals surface area contributed by atoms with Gasteiger partial charge < -0.3 is 10.6 Å². The Bertz CT molecular complexity index is 505. The third kappa shape index (κ3) is 2.49. The number of hydrogen-bond donors (Lipinski definition) is 1. The van der Waals surface area contributed by atoms with Gasteiger partial charge in [-0.3, -0.25) is 9.69 Å². The molecular weight excluding hydrogens is 306 g/mol. The summed E-state index contributed by atoms with van der Waals surface area (Å²) in [6, 6.07) is 6.02. The molecule has 1 amide bonds. The molecule has 0 aromatic heterocycles. The monoisotopic (exact) mass is 323 g/mol. The zero-order chi connectivity index (χ0) is 13.4. The molecule has 0 saturated carbocycles. The molecule has 4 nitrogen and oxygen atoms in total. The minimum absolute atomic E-state index is 0.0663. The van der Waals surface area contributed by atoms with Crippen molar-refractivity contribution in [1.29, 1.82) is 0 Å². The second-order valence-corrected chi connectivity index (χ2v) is 6.23. The van der Waals surface area contributed by atoms with E-state index in [4.69, 9.17) is 5.73 Å². The van der Waals surface area contributed by atoms with E-state index in [1.165, 1.54) is 19.4 Å². The molecule has 1 unspecified atom stereocenters. The van der Waals surface area contributed by atoms with Crippen LogP contribution in [0, 0.1) is 0 Å². The molecule has 0 aliphatic carbocycles.